The molecule has 0 atom stereocenters. The van der Waals surface area contributed by atoms with Crippen LogP contribution in [0.5, 0.6) is 5.75 Å². The molecule has 37 heavy (non-hydrogen) atoms. The number of nitrogens with zero attached hydrogens (tertiary/aromatic N) is 4. The van der Waals surface area contributed by atoms with E-state index in [1.807, 2.05) is 30.3 Å². The van der Waals surface area contributed by atoms with Crippen molar-refractivity contribution in [3.63, 3.8) is 0 Å². The Bertz CT molecular complexity index is 1590. The summed E-state index contributed by atoms with van der Waals surface area (Å²) in [6, 6.07) is 18.3. The number of aryl methyl sites for hydroxylation is 3. The van der Waals surface area contributed by atoms with Crippen LogP contribution in [0.15, 0.2) is 64.5 Å². The van der Waals surface area contributed by atoms with Gasteiger partial charge in [-0.1, -0.05) is 42.1 Å². The number of rotatable bonds is 8. The van der Waals surface area contributed by atoms with Crippen LogP contribution in [0, 0.1) is 0 Å². The Morgan fingerprint density at radius 2 is 1.86 bits per heavy atom. The van der Waals surface area contributed by atoms with Crippen molar-refractivity contribution in [3.05, 3.63) is 86.8 Å². The number of nitrogens with one attached hydrogen (secondary N) is 1. The number of hydrogen-bond acceptors (Lipinski definition) is 7. The maximum atomic E-state index is 13.0. The maximum absolute atomic E-state index is 13.0. The monoisotopic (exact) mass is 529 g/mol. The predicted octanol–water partition coefficient (Wildman–Crippen LogP) is 5.67. The average molecular weight is 530 g/mol. The van der Waals surface area contributed by atoms with Gasteiger partial charge in [0.15, 0.2) is 11.0 Å². The summed E-state index contributed by atoms with van der Waals surface area (Å²) >= 11 is 3.23. The van der Waals surface area contributed by atoms with Gasteiger partial charge >= 0.3 is 0 Å². The van der Waals surface area contributed by atoms with Gasteiger partial charge < -0.3 is 14.3 Å². The molecule has 0 spiro atoms. The van der Waals surface area contributed by atoms with E-state index in [9.17, 15) is 4.79 Å². The topological polar surface area (TPSA) is 85.7 Å². The normalized spacial score (nSPS) is 13.1. The lowest BCUT2D eigenvalue weighted by Crippen LogP contribution is -2.12. The van der Waals surface area contributed by atoms with E-state index in [-0.39, 0.29) is 5.56 Å². The van der Waals surface area contributed by atoms with Crippen LogP contribution in [0.2, 0.25) is 0 Å². The summed E-state index contributed by atoms with van der Waals surface area (Å²) in [6.07, 6.45) is 5.23. The van der Waals surface area contributed by atoms with E-state index in [2.05, 4.69) is 44.0 Å². The Hall–Kier alpha value is -3.43. The first-order chi connectivity index (χ1) is 18.2. The van der Waals surface area contributed by atoms with Gasteiger partial charge in [-0.2, -0.15) is 0 Å². The molecule has 2 aromatic carbocycles. The number of H-pyrrole nitrogens is 1. The highest BCUT2D eigenvalue weighted by molar-refractivity contribution is 7.98. The average Bonchev–Trinajstić information content (AvgIpc) is 3.52. The highest BCUT2D eigenvalue weighted by Crippen LogP contribution is 2.34. The molecule has 1 N–H and O–H groups in total. The number of aromatic amines is 1. The number of aromatic nitrogens is 5. The van der Waals surface area contributed by atoms with Gasteiger partial charge in [0.05, 0.1) is 18.2 Å². The zero-order valence-corrected chi connectivity index (χ0v) is 22.2. The zero-order chi connectivity index (χ0) is 25.2. The van der Waals surface area contributed by atoms with Gasteiger partial charge in [-0.15, -0.1) is 21.5 Å². The lowest BCUT2D eigenvalue weighted by atomic mass is 9.97. The fourth-order valence-electron chi connectivity index (χ4n) is 4.85. The largest absolute Gasteiger partial charge is 0.497 e. The van der Waals surface area contributed by atoms with Crippen LogP contribution in [0.4, 0.5) is 0 Å². The SMILES string of the molecule is COc1ccc(-c2nnc(SCc3nc4sc5c(c4c(=O)[nH]3)CCCC5)n2CCc2ccccc2)cc1. The van der Waals surface area contributed by atoms with Gasteiger partial charge in [0, 0.05) is 17.0 Å². The van der Waals surface area contributed by atoms with E-state index in [4.69, 9.17) is 9.72 Å². The van der Waals surface area contributed by atoms with Crippen LogP contribution < -0.4 is 10.3 Å². The van der Waals surface area contributed by atoms with E-state index in [1.54, 1.807) is 30.2 Å². The quantitative estimate of drug-likeness (QED) is 0.261. The molecule has 0 radical (unpaired) electrons. The molecule has 0 amide bonds. The third kappa shape index (κ3) is 4.93. The summed E-state index contributed by atoms with van der Waals surface area (Å²) in [5.41, 5.74) is 3.42. The first kappa shape index (κ1) is 23.9. The maximum Gasteiger partial charge on any atom is 0.259 e. The van der Waals surface area contributed by atoms with Crippen LogP contribution in [-0.4, -0.2) is 31.8 Å². The number of thiophene rings is 1. The lowest BCUT2D eigenvalue weighted by Gasteiger charge is -2.11. The standard InChI is InChI=1S/C28H27N5O2S2/c1-35-20-13-11-19(12-14-20)25-31-32-28(33(25)16-15-18-7-3-2-4-8-18)36-17-23-29-26(34)24-21-9-5-6-10-22(21)37-27(24)30-23/h2-4,7-8,11-14H,5-6,9-10,15-17H2,1H3,(H,29,30,34). The summed E-state index contributed by atoms with van der Waals surface area (Å²) in [5.74, 6) is 2.79. The molecule has 0 saturated heterocycles. The lowest BCUT2D eigenvalue weighted by molar-refractivity contribution is 0.415. The molecule has 7 nitrogen and oxygen atoms in total. The Morgan fingerprint density at radius 1 is 1.05 bits per heavy atom. The summed E-state index contributed by atoms with van der Waals surface area (Å²) < 4.78 is 7.47. The molecule has 0 unspecified atom stereocenters. The van der Waals surface area contributed by atoms with Gasteiger partial charge in [-0.25, -0.2) is 4.98 Å². The van der Waals surface area contributed by atoms with Gasteiger partial charge in [-0.3, -0.25) is 4.79 Å². The Morgan fingerprint density at radius 3 is 2.68 bits per heavy atom. The number of ether oxygens (including phenoxy) is 1. The molecule has 3 heterocycles. The van der Waals surface area contributed by atoms with E-state index in [0.717, 1.165) is 64.7 Å². The highest BCUT2D eigenvalue weighted by Gasteiger charge is 2.20. The molecule has 6 rings (SSSR count). The number of hydrogen-bond donors (Lipinski definition) is 1. The minimum absolute atomic E-state index is 0.0236. The third-order valence-corrected chi connectivity index (χ3v) is 8.91. The predicted molar refractivity (Wildman–Crippen MR) is 149 cm³/mol. The van der Waals surface area contributed by atoms with Crippen molar-refractivity contribution in [1.29, 1.82) is 0 Å². The number of fused-ring (bicyclic) bond motifs is 3. The zero-order valence-electron chi connectivity index (χ0n) is 20.6. The Kier molecular flexibility index (Phi) is 6.80. The van der Waals surface area contributed by atoms with Gasteiger partial charge in [0.25, 0.3) is 5.56 Å². The summed E-state index contributed by atoms with van der Waals surface area (Å²) in [7, 11) is 1.66. The van der Waals surface area contributed by atoms with E-state index in [1.165, 1.54) is 22.4 Å². The minimum atomic E-state index is -0.0236. The van der Waals surface area contributed by atoms with Crippen LogP contribution in [0.25, 0.3) is 21.6 Å². The minimum Gasteiger partial charge on any atom is -0.497 e. The molecule has 1 aliphatic carbocycles. The van der Waals surface area contributed by atoms with Gasteiger partial charge in [0.2, 0.25) is 0 Å². The second-order valence-electron chi connectivity index (χ2n) is 9.11. The van der Waals surface area contributed by atoms with E-state index in [0.29, 0.717) is 11.6 Å². The fraction of sp³-hybridized carbons (Fsp3) is 0.286. The molecular formula is C28H27N5O2S2. The van der Waals surface area contributed by atoms with Crippen molar-refractivity contribution in [2.24, 2.45) is 0 Å². The Labute approximate surface area is 223 Å². The molecule has 0 fully saturated rings. The fourth-order valence-corrected chi connectivity index (χ4v) is 6.96. The number of thioether (sulfide) groups is 1. The van der Waals surface area contributed by atoms with Crippen LogP contribution in [0.1, 0.15) is 34.7 Å². The molecule has 0 aliphatic heterocycles. The second-order valence-corrected chi connectivity index (χ2v) is 11.1. The molecule has 3 aromatic heterocycles. The van der Waals surface area contributed by atoms with Crippen molar-refractivity contribution < 1.29 is 4.74 Å². The van der Waals surface area contributed by atoms with Crippen LogP contribution >= 0.6 is 23.1 Å². The van der Waals surface area contributed by atoms with Crippen molar-refractivity contribution in [1.82, 2.24) is 24.7 Å². The highest BCUT2D eigenvalue weighted by atomic mass is 32.2. The summed E-state index contributed by atoms with van der Waals surface area (Å²) in [5, 5.41) is 10.7. The summed E-state index contributed by atoms with van der Waals surface area (Å²) in [6.45, 7) is 0.737. The molecule has 188 valence electrons. The summed E-state index contributed by atoms with van der Waals surface area (Å²) in [4.78, 5) is 23.0. The van der Waals surface area contributed by atoms with E-state index >= 15 is 0 Å². The van der Waals surface area contributed by atoms with Crippen molar-refractivity contribution in [3.8, 4) is 17.1 Å². The molecule has 9 heteroatoms. The first-order valence-electron chi connectivity index (χ1n) is 12.5. The van der Waals surface area contributed by atoms with Gasteiger partial charge in [0.1, 0.15) is 16.4 Å². The third-order valence-electron chi connectivity index (χ3n) is 6.74. The van der Waals surface area contributed by atoms with Crippen molar-refractivity contribution >= 4 is 33.3 Å². The molecule has 0 saturated carbocycles. The Balaban J connectivity index is 1.28. The molecule has 0 bridgehead atoms. The molecular weight excluding hydrogens is 502 g/mol. The molecule has 5 aromatic rings. The second kappa shape index (κ2) is 10.5. The number of benzene rings is 2. The number of methoxy groups -OCH3 is 1. The first-order valence-corrected chi connectivity index (χ1v) is 14.3. The van der Waals surface area contributed by atoms with Crippen LogP contribution in [0.3, 0.4) is 0 Å². The van der Waals surface area contributed by atoms with Crippen molar-refractivity contribution in [2.75, 3.05) is 7.11 Å². The van der Waals surface area contributed by atoms with Gasteiger partial charge in [-0.05, 0) is 67.5 Å². The van der Waals surface area contributed by atoms with Crippen LogP contribution in [-0.2, 0) is 31.6 Å². The smallest absolute Gasteiger partial charge is 0.259 e. The van der Waals surface area contributed by atoms with Crippen molar-refractivity contribution in [2.45, 2.75) is 49.6 Å². The molecule has 1 aliphatic rings. The van der Waals surface area contributed by atoms with E-state index < -0.39 is 0 Å².